The number of hydrogen-bond donors (Lipinski definition) is 1. The van der Waals surface area contributed by atoms with Crippen LogP contribution in [-0.4, -0.2) is 43.0 Å². The molecule has 1 saturated heterocycles. The molecule has 0 spiro atoms. The van der Waals surface area contributed by atoms with Gasteiger partial charge in [-0.1, -0.05) is 6.07 Å². The number of hydrogen-bond acceptors (Lipinski definition) is 5. The Balaban J connectivity index is 2.01. The van der Waals surface area contributed by atoms with Crippen molar-refractivity contribution in [1.29, 1.82) is 0 Å². The van der Waals surface area contributed by atoms with Crippen molar-refractivity contribution in [3.8, 4) is 0 Å². The van der Waals surface area contributed by atoms with Crippen molar-refractivity contribution in [2.45, 2.75) is 39.2 Å². The van der Waals surface area contributed by atoms with Crippen molar-refractivity contribution in [2.24, 2.45) is 0 Å². The van der Waals surface area contributed by atoms with Gasteiger partial charge in [0.2, 0.25) is 0 Å². The third-order valence-corrected chi connectivity index (χ3v) is 3.16. The lowest BCUT2D eigenvalue weighted by molar-refractivity contribution is 0.0635. The van der Waals surface area contributed by atoms with E-state index < -0.39 is 11.7 Å². The Hall–Kier alpha value is -1.82. The molecule has 1 N–H and O–H groups in total. The molecule has 0 saturated carbocycles. The maximum absolute atomic E-state index is 11.8. The minimum atomic E-state index is -0.526. The Bertz CT molecular complexity index is 492. The zero-order chi connectivity index (χ0) is 16.0. The first-order valence-electron chi connectivity index (χ1n) is 7.74. The quantitative estimate of drug-likeness (QED) is 0.910. The highest BCUT2D eigenvalue weighted by atomic mass is 16.6. The molecule has 22 heavy (non-hydrogen) atoms. The molecular weight excluding hydrogens is 282 g/mol. The molecule has 122 valence electrons. The predicted molar refractivity (Wildman–Crippen MR) is 86.4 cm³/mol. The van der Waals surface area contributed by atoms with E-state index in [1.165, 1.54) is 0 Å². The van der Waals surface area contributed by atoms with Gasteiger partial charge in [-0.2, -0.15) is 0 Å². The first-order valence-corrected chi connectivity index (χ1v) is 7.74. The Morgan fingerprint density at radius 2 is 2.09 bits per heavy atom. The Labute approximate surface area is 131 Å². The van der Waals surface area contributed by atoms with E-state index in [0.29, 0.717) is 12.4 Å². The molecule has 0 aliphatic carbocycles. The second-order valence-electron chi connectivity index (χ2n) is 6.31. The lowest BCUT2D eigenvalue weighted by Crippen LogP contribution is -2.32. The van der Waals surface area contributed by atoms with E-state index >= 15 is 0 Å². The molecular formula is C16H25N3O3. The molecule has 0 radical (unpaired) electrons. The molecule has 0 bridgehead atoms. The fourth-order valence-corrected chi connectivity index (χ4v) is 2.20. The lowest BCUT2D eigenvalue weighted by atomic mass is 10.2. The Morgan fingerprint density at radius 3 is 2.86 bits per heavy atom. The normalized spacial score (nSPS) is 16.6. The van der Waals surface area contributed by atoms with Crippen molar-refractivity contribution >= 4 is 17.7 Å². The van der Waals surface area contributed by atoms with E-state index in [9.17, 15) is 4.79 Å². The molecule has 1 amide bonds. The van der Waals surface area contributed by atoms with Crippen LogP contribution >= 0.6 is 0 Å². The first kappa shape index (κ1) is 16.5. The van der Waals surface area contributed by atoms with Crippen molar-refractivity contribution in [3.63, 3.8) is 0 Å². The Morgan fingerprint density at radius 1 is 1.27 bits per heavy atom. The van der Waals surface area contributed by atoms with Gasteiger partial charge in [-0.25, -0.2) is 9.78 Å². The van der Waals surface area contributed by atoms with Gasteiger partial charge in [0.05, 0.1) is 6.61 Å². The predicted octanol–water partition coefficient (Wildman–Crippen LogP) is 3.05. The van der Waals surface area contributed by atoms with Gasteiger partial charge in [0, 0.05) is 19.7 Å². The van der Waals surface area contributed by atoms with Crippen LogP contribution in [-0.2, 0) is 9.47 Å². The van der Waals surface area contributed by atoms with Gasteiger partial charge in [0.1, 0.15) is 17.2 Å². The van der Waals surface area contributed by atoms with Gasteiger partial charge in [-0.3, -0.25) is 5.32 Å². The van der Waals surface area contributed by atoms with Crippen LogP contribution in [0.25, 0.3) is 0 Å². The molecule has 1 fully saturated rings. The summed E-state index contributed by atoms with van der Waals surface area (Å²) in [5.41, 5.74) is -0.526. The minimum absolute atomic E-state index is 0.492. The van der Waals surface area contributed by atoms with Crippen molar-refractivity contribution < 1.29 is 14.3 Å². The van der Waals surface area contributed by atoms with Crippen LogP contribution in [0.15, 0.2) is 18.2 Å². The number of anilines is 2. The van der Waals surface area contributed by atoms with Gasteiger partial charge in [-0.15, -0.1) is 0 Å². The average Bonchev–Trinajstić information content (AvgIpc) is 2.36. The topological polar surface area (TPSA) is 63.7 Å². The van der Waals surface area contributed by atoms with Crippen LogP contribution in [0.3, 0.4) is 0 Å². The average molecular weight is 307 g/mol. The smallest absolute Gasteiger partial charge is 0.413 e. The summed E-state index contributed by atoms with van der Waals surface area (Å²) in [7, 11) is 0. The fourth-order valence-electron chi connectivity index (χ4n) is 2.20. The number of rotatable bonds is 2. The highest BCUT2D eigenvalue weighted by Crippen LogP contribution is 2.17. The van der Waals surface area contributed by atoms with Gasteiger partial charge in [0.15, 0.2) is 0 Å². The highest BCUT2D eigenvalue weighted by molar-refractivity contribution is 5.83. The highest BCUT2D eigenvalue weighted by Gasteiger charge is 2.17. The summed E-state index contributed by atoms with van der Waals surface area (Å²) in [5, 5.41) is 2.68. The van der Waals surface area contributed by atoms with Gasteiger partial charge in [0.25, 0.3) is 0 Å². The zero-order valence-electron chi connectivity index (χ0n) is 13.6. The van der Waals surface area contributed by atoms with Crippen molar-refractivity contribution in [2.75, 3.05) is 36.5 Å². The van der Waals surface area contributed by atoms with E-state index in [1.54, 1.807) is 6.07 Å². The summed E-state index contributed by atoms with van der Waals surface area (Å²) < 4.78 is 10.8. The standard InChI is InChI=1S/C16H25N3O3/c1-16(2,3)22-15(20)18-13-7-6-8-14(17-13)19-9-4-5-11-21-12-10-19/h6-8H,4-5,9-12H2,1-3H3,(H,17,18,20). The van der Waals surface area contributed by atoms with Crippen LogP contribution in [0.4, 0.5) is 16.4 Å². The second-order valence-corrected chi connectivity index (χ2v) is 6.31. The van der Waals surface area contributed by atoms with Crippen LogP contribution in [0.2, 0.25) is 0 Å². The third kappa shape index (κ3) is 5.52. The second kappa shape index (κ2) is 7.45. The molecule has 1 aliphatic rings. The lowest BCUT2D eigenvalue weighted by Gasteiger charge is -2.26. The zero-order valence-corrected chi connectivity index (χ0v) is 13.6. The number of amides is 1. The number of carbonyl (C=O) groups is 1. The summed E-state index contributed by atoms with van der Waals surface area (Å²) in [5.74, 6) is 1.34. The van der Waals surface area contributed by atoms with E-state index in [0.717, 1.165) is 38.4 Å². The number of nitrogens with one attached hydrogen (secondary N) is 1. The van der Waals surface area contributed by atoms with E-state index in [2.05, 4.69) is 15.2 Å². The van der Waals surface area contributed by atoms with Crippen LogP contribution in [0.1, 0.15) is 33.6 Å². The SMILES string of the molecule is CC(C)(C)OC(=O)Nc1cccc(N2CCCCOCC2)n1. The monoisotopic (exact) mass is 307 g/mol. The third-order valence-electron chi connectivity index (χ3n) is 3.16. The summed E-state index contributed by atoms with van der Waals surface area (Å²) in [6.45, 7) is 8.78. The molecule has 0 unspecified atom stereocenters. The molecule has 6 nitrogen and oxygen atoms in total. The molecule has 2 rings (SSSR count). The molecule has 2 heterocycles. The summed E-state index contributed by atoms with van der Waals surface area (Å²) >= 11 is 0. The van der Waals surface area contributed by atoms with E-state index in [-0.39, 0.29) is 0 Å². The molecule has 1 aliphatic heterocycles. The van der Waals surface area contributed by atoms with E-state index in [1.807, 2.05) is 32.9 Å². The molecule has 6 heteroatoms. The number of aromatic nitrogens is 1. The number of pyridine rings is 1. The molecule has 1 aromatic rings. The summed E-state index contributed by atoms with van der Waals surface area (Å²) in [6.07, 6.45) is 1.64. The van der Waals surface area contributed by atoms with Crippen LogP contribution < -0.4 is 10.2 Å². The van der Waals surface area contributed by atoms with Gasteiger partial charge >= 0.3 is 6.09 Å². The van der Waals surface area contributed by atoms with Crippen molar-refractivity contribution in [1.82, 2.24) is 4.98 Å². The number of ether oxygens (including phenoxy) is 2. The van der Waals surface area contributed by atoms with Crippen LogP contribution in [0.5, 0.6) is 0 Å². The minimum Gasteiger partial charge on any atom is -0.444 e. The summed E-state index contributed by atoms with van der Waals surface area (Å²) in [4.78, 5) is 18.5. The molecule has 1 aromatic heterocycles. The largest absolute Gasteiger partial charge is 0.444 e. The number of nitrogens with zero attached hydrogens (tertiary/aromatic N) is 2. The van der Waals surface area contributed by atoms with Crippen LogP contribution in [0, 0.1) is 0 Å². The summed E-state index contributed by atoms with van der Waals surface area (Å²) in [6, 6.07) is 5.59. The van der Waals surface area contributed by atoms with Gasteiger partial charge in [-0.05, 0) is 45.7 Å². The molecule has 0 atom stereocenters. The Kier molecular flexibility index (Phi) is 5.60. The first-order chi connectivity index (χ1) is 10.4. The maximum Gasteiger partial charge on any atom is 0.413 e. The van der Waals surface area contributed by atoms with Gasteiger partial charge < -0.3 is 14.4 Å². The fraction of sp³-hybridized carbons (Fsp3) is 0.625. The van der Waals surface area contributed by atoms with E-state index in [4.69, 9.17) is 9.47 Å². The maximum atomic E-state index is 11.8. The molecule has 0 aromatic carbocycles. The number of carbonyl (C=O) groups excluding carboxylic acids is 1. The van der Waals surface area contributed by atoms with Crippen molar-refractivity contribution in [3.05, 3.63) is 18.2 Å².